The summed E-state index contributed by atoms with van der Waals surface area (Å²) in [5.74, 6) is -3.29. The number of benzene rings is 3. The van der Waals surface area contributed by atoms with E-state index in [1.165, 1.54) is 12.1 Å². The number of fused-ring (bicyclic) bond motifs is 2. The van der Waals surface area contributed by atoms with Crippen molar-refractivity contribution >= 4 is 63.8 Å². The molecule has 0 bridgehead atoms. The first-order valence-electron chi connectivity index (χ1n) is 12.7. The number of ether oxygens (including phenoxy) is 1. The van der Waals surface area contributed by atoms with Crippen molar-refractivity contribution in [2.45, 2.75) is 22.4 Å². The van der Waals surface area contributed by atoms with E-state index in [1.807, 2.05) is 0 Å². The van der Waals surface area contributed by atoms with Crippen molar-refractivity contribution < 1.29 is 32.3 Å². The minimum atomic E-state index is -4.67. The average Bonchev–Trinajstić information content (AvgIpc) is 3.46. The SMILES string of the molecule is O=C(COc1ccccc1C1c2sc(=O)[nH]c2SC2C(=O)N(c3ccc(Cl)cc3)C(=O)C21)Nc1ccccc1C(F)(F)F. The molecular weight excluding hydrogens is 627 g/mol. The van der Waals surface area contributed by atoms with Crippen LogP contribution in [0.2, 0.25) is 5.02 Å². The number of hydrogen-bond donors (Lipinski definition) is 2. The lowest BCUT2D eigenvalue weighted by Crippen LogP contribution is -2.32. The molecule has 2 aliphatic rings. The Morgan fingerprint density at radius 3 is 2.42 bits per heavy atom. The van der Waals surface area contributed by atoms with Gasteiger partial charge in [0.15, 0.2) is 6.61 Å². The number of nitrogens with zero attached hydrogens (tertiary/aromatic N) is 1. The number of H-pyrrole nitrogens is 1. The number of thiazole rings is 1. The summed E-state index contributed by atoms with van der Waals surface area (Å²) in [5.41, 5.74) is -0.621. The zero-order valence-corrected chi connectivity index (χ0v) is 24.1. The van der Waals surface area contributed by atoms with E-state index in [9.17, 15) is 32.3 Å². The highest BCUT2D eigenvalue weighted by atomic mass is 35.5. The minimum absolute atomic E-state index is 0.175. The van der Waals surface area contributed by atoms with Gasteiger partial charge in [0, 0.05) is 21.4 Å². The largest absolute Gasteiger partial charge is 0.483 e. The number of carbonyl (C=O) groups excluding carboxylic acids is 3. The van der Waals surface area contributed by atoms with Crippen LogP contribution in [0.25, 0.3) is 0 Å². The smallest absolute Gasteiger partial charge is 0.418 e. The normalized spacial score (nSPS) is 19.6. The number of para-hydroxylation sites is 2. The van der Waals surface area contributed by atoms with Gasteiger partial charge in [0.1, 0.15) is 11.0 Å². The second-order valence-corrected chi connectivity index (χ2v) is 12.3. The molecule has 8 nitrogen and oxygen atoms in total. The lowest BCUT2D eigenvalue weighted by atomic mass is 9.82. The molecular formula is C29H19ClF3N3O5S2. The molecule has 3 heterocycles. The number of carbonyl (C=O) groups is 3. The highest BCUT2D eigenvalue weighted by Gasteiger charge is 2.56. The number of hydrogen-bond acceptors (Lipinski definition) is 7. The summed E-state index contributed by atoms with van der Waals surface area (Å²) in [6.45, 7) is -0.640. The van der Waals surface area contributed by atoms with Gasteiger partial charge >= 0.3 is 11.0 Å². The molecule has 3 aromatic carbocycles. The molecule has 3 unspecified atom stereocenters. The third-order valence-electron chi connectivity index (χ3n) is 7.03. The molecule has 1 fully saturated rings. The maximum atomic E-state index is 13.9. The molecule has 2 N–H and O–H groups in total. The van der Waals surface area contributed by atoms with Gasteiger partial charge in [0.2, 0.25) is 11.8 Å². The predicted octanol–water partition coefficient (Wildman–Crippen LogP) is 5.92. The van der Waals surface area contributed by atoms with E-state index in [0.29, 0.717) is 26.2 Å². The van der Waals surface area contributed by atoms with Gasteiger partial charge in [-0.1, -0.05) is 65.0 Å². The van der Waals surface area contributed by atoms with E-state index in [0.717, 1.165) is 40.1 Å². The topological polar surface area (TPSA) is 109 Å². The molecule has 2 aliphatic heterocycles. The number of nitrogens with one attached hydrogen (secondary N) is 2. The molecule has 3 amide bonds. The Morgan fingerprint density at radius 2 is 1.67 bits per heavy atom. The van der Waals surface area contributed by atoms with Crippen molar-refractivity contribution in [3.8, 4) is 5.75 Å². The van der Waals surface area contributed by atoms with Gasteiger partial charge in [-0.3, -0.25) is 19.2 Å². The number of aromatic amines is 1. The van der Waals surface area contributed by atoms with Crippen molar-refractivity contribution in [1.29, 1.82) is 0 Å². The molecule has 0 radical (unpaired) electrons. The van der Waals surface area contributed by atoms with Gasteiger partial charge in [0.05, 0.1) is 27.9 Å². The molecule has 220 valence electrons. The van der Waals surface area contributed by atoms with Crippen molar-refractivity contribution in [3.05, 3.63) is 103 Å². The fourth-order valence-electron chi connectivity index (χ4n) is 5.23. The Balaban J connectivity index is 1.32. The third kappa shape index (κ3) is 5.43. The van der Waals surface area contributed by atoms with Gasteiger partial charge in [-0.05, 0) is 42.5 Å². The molecule has 3 atom stereocenters. The lowest BCUT2D eigenvalue weighted by molar-refractivity contribution is -0.137. The fourth-order valence-corrected chi connectivity index (χ4v) is 7.87. The van der Waals surface area contributed by atoms with Crippen LogP contribution < -0.4 is 19.8 Å². The Bertz CT molecular complexity index is 1810. The van der Waals surface area contributed by atoms with Crippen LogP contribution in [0.15, 0.2) is 82.6 Å². The van der Waals surface area contributed by atoms with Gasteiger partial charge < -0.3 is 15.0 Å². The fraction of sp³-hybridized carbons (Fsp3) is 0.172. The summed E-state index contributed by atoms with van der Waals surface area (Å²) in [6, 6.07) is 17.4. The van der Waals surface area contributed by atoms with Crippen molar-refractivity contribution in [3.63, 3.8) is 0 Å². The van der Waals surface area contributed by atoms with Crippen LogP contribution in [-0.4, -0.2) is 34.6 Å². The van der Waals surface area contributed by atoms with Gasteiger partial charge in [0.25, 0.3) is 5.91 Å². The highest BCUT2D eigenvalue weighted by Crippen LogP contribution is 2.54. The van der Waals surface area contributed by atoms with Crippen molar-refractivity contribution in [2.24, 2.45) is 5.92 Å². The summed E-state index contributed by atoms with van der Waals surface area (Å²) >= 11 is 8.02. The lowest BCUT2D eigenvalue weighted by Gasteiger charge is -2.30. The summed E-state index contributed by atoms with van der Waals surface area (Å²) in [6.07, 6.45) is -4.67. The Morgan fingerprint density at radius 1 is 0.977 bits per heavy atom. The number of halogens is 4. The third-order valence-corrected chi connectivity index (χ3v) is 9.68. The molecule has 4 aromatic rings. The number of aromatic nitrogens is 1. The first-order chi connectivity index (χ1) is 20.5. The Labute approximate surface area is 254 Å². The summed E-state index contributed by atoms with van der Waals surface area (Å²) in [5, 5.41) is 2.27. The number of alkyl halides is 3. The first kappa shape index (κ1) is 29.0. The molecule has 0 aliphatic carbocycles. The molecule has 43 heavy (non-hydrogen) atoms. The van der Waals surface area contributed by atoms with E-state index in [1.54, 1.807) is 48.5 Å². The predicted molar refractivity (Wildman–Crippen MR) is 156 cm³/mol. The zero-order valence-electron chi connectivity index (χ0n) is 21.7. The highest BCUT2D eigenvalue weighted by molar-refractivity contribution is 8.00. The van der Waals surface area contributed by atoms with Crippen LogP contribution >= 0.6 is 34.7 Å². The maximum absolute atomic E-state index is 13.9. The standard InChI is InChI=1S/C29H19ClF3N3O5S2/c30-14-9-11-15(12-10-14)36-26(38)22-21(23-25(35-28(40)43-23)42-24(22)27(36)39)16-5-1-4-8-19(16)41-13-20(37)34-18-7-3-2-6-17(18)29(31,32)33/h1-12,21-22,24H,13H2,(H,34,37)(H,35,40). The number of thioether (sulfide) groups is 1. The van der Waals surface area contributed by atoms with Crippen LogP contribution in [0.1, 0.15) is 21.9 Å². The molecule has 0 spiro atoms. The Kier molecular flexibility index (Phi) is 7.57. The van der Waals surface area contributed by atoms with Crippen molar-refractivity contribution in [1.82, 2.24) is 4.98 Å². The molecule has 6 rings (SSSR count). The molecule has 1 aromatic heterocycles. The van der Waals surface area contributed by atoms with E-state index in [-0.39, 0.29) is 10.6 Å². The Hall–Kier alpha value is -4.07. The number of imide groups is 1. The van der Waals surface area contributed by atoms with Crippen LogP contribution in [-0.2, 0) is 20.6 Å². The minimum Gasteiger partial charge on any atom is -0.483 e. The van der Waals surface area contributed by atoms with Crippen LogP contribution in [0.4, 0.5) is 24.5 Å². The summed E-state index contributed by atoms with van der Waals surface area (Å²) in [7, 11) is 0. The summed E-state index contributed by atoms with van der Waals surface area (Å²) < 4.78 is 45.9. The summed E-state index contributed by atoms with van der Waals surface area (Å²) in [4.78, 5) is 56.6. The number of rotatable bonds is 6. The second-order valence-electron chi connectivity index (χ2n) is 9.66. The zero-order chi connectivity index (χ0) is 30.5. The monoisotopic (exact) mass is 645 g/mol. The quantitative estimate of drug-likeness (QED) is 0.252. The van der Waals surface area contributed by atoms with Gasteiger partial charge in [-0.2, -0.15) is 13.2 Å². The van der Waals surface area contributed by atoms with Crippen LogP contribution in [0.3, 0.4) is 0 Å². The second kappa shape index (κ2) is 11.2. The first-order valence-corrected chi connectivity index (χ1v) is 14.8. The van der Waals surface area contributed by atoms with Gasteiger partial charge in [-0.25, -0.2) is 4.90 Å². The van der Waals surface area contributed by atoms with Crippen LogP contribution in [0.5, 0.6) is 5.75 Å². The van der Waals surface area contributed by atoms with E-state index in [4.69, 9.17) is 16.3 Å². The maximum Gasteiger partial charge on any atom is 0.418 e. The number of anilines is 2. The van der Waals surface area contributed by atoms with Crippen LogP contribution in [0, 0.1) is 5.92 Å². The van der Waals surface area contributed by atoms with E-state index in [2.05, 4.69) is 10.3 Å². The molecule has 1 saturated heterocycles. The van der Waals surface area contributed by atoms with Gasteiger partial charge in [-0.15, -0.1) is 0 Å². The van der Waals surface area contributed by atoms with E-state index < -0.39 is 58.8 Å². The molecule has 0 saturated carbocycles. The van der Waals surface area contributed by atoms with Crippen molar-refractivity contribution in [2.75, 3.05) is 16.8 Å². The average molecular weight is 646 g/mol. The van der Waals surface area contributed by atoms with E-state index >= 15 is 0 Å². The molecule has 14 heteroatoms. The number of amides is 3.